The molecular formula is C18H18BrN3O2. The highest BCUT2D eigenvalue weighted by molar-refractivity contribution is 9.10. The molecule has 2 aromatic carbocycles. The molecule has 2 aromatic rings. The van der Waals surface area contributed by atoms with E-state index in [4.69, 9.17) is 0 Å². The summed E-state index contributed by atoms with van der Waals surface area (Å²) in [6.45, 7) is 4.02. The second-order valence-electron chi connectivity index (χ2n) is 5.93. The van der Waals surface area contributed by atoms with Crippen molar-refractivity contribution in [3.63, 3.8) is 0 Å². The zero-order valence-electron chi connectivity index (χ0n) is 13.4. The molecule has 0 saturated carbocycles. The predicted molar refractivity (Wildman–Crippen MR) is 99.3 cm³/mol. The van der Waals surface area contributed by atoms with E-state index in [1.807, 2.05) is 44.2 Å². The van der Waals surface area contributed by atoms with Crippen LogP contribution in [0.15, 0.2) is 40.9 Å². The number of benzene rings is 2. The van der Waals surface area contributed by atoms with Crippen molar-refractivity contribution < 1.29 is 9.59 Å². The number of rotatable bonds is 3. The van der Waals surface area contributed by atoms with E-state index >= 15 is 0 Å². The number of hydrogen-bond acceptors (Lipinski definition) is 3. The van der Waals surface area contributed by atoms with Gasteiger partial charge in [-0.3, -0.25) is 9.59 Å². The summed E-state index contributed by atoms with van der Waals surface area (Å²) < 4.78 is 0.883. The number of amides is 2. The summed E-state index contributed by atoms with van der Waals surface area (Å²) in [7, 11) is 0. The summed E-state index contributed by atoms with van der Waals surface area (Å²) >= 11 is 3.36. The van der Waals surface area contributed by atoms with Crippen molar-refractivity contribution in [2.75, 3.05) is 16.0 Å². The van der Waals surface area contributed by atoms with Crippen molar-refractivity contribution in [2.45, 2.75) is 26.3 Å². The van der Waals surface area contributed by atoms with Gasteiger partial charge in [-0.2, -0.15) is 0 Å². The molecule has 0 radical (unpaired) electrons. The molecule has 0 fully saturated rings. The Morgan fingerprint density at radius 2 is 1.88 bits per heavy atom. The van der Waals surface area contributed by atoms with Crippen LogP contribution in [0, 0.1) is 13.8 Å². The van der Waals surface area contributed by atoms with E-state index in [1.165, 1.54) is 0 Å². The fourth-order valence-corrected chi connectivity index (χ4v) is 3.02. The van der Waals surface area contributed by atoms with Crippen molar-refractivity contribution >= 4 is 44.8 Å². The molecule has 0 aliphatic carbocycles. The first-order valence-corrected chi connectivity index (χ1v) is 8.46. The quantitative estimate of drug-likeness (QED) is 0.749. The number of halogens is 1. The lowest BCUT2D eigenvalue weighted by atomic mass is 10.0. The lowest BCUT2D eigenvalue weighted by Gasteiger charge is -2.27. The molecule has 0 aromatic heterocycles. The van der Waals surface area contributed by atoms with Crippen LogP contribution in [0.5, 0.6) is 0 Å². The molecule has 24 heavy (non-hydrogen) atoms. The number of aryl methyl sites for hydroxylation is 2. The number of anilines is 3. The van der Waals surface area contributed by atoms with Crippen LogP contribution in [-0.2, 0) is 9.59 Å². The Labute approximate surface area is 149 Å². The average Bonchev–Trinajstić information content (AvgIpc) is 2.50. The minimum Gasteiger partial charge on any atom is -0.372 e. The van der Waals surface area contributed by atoms with E-state index < -0.39 is 6.04 Å². The monoisotopic (exact) mass is 387 g/mol. The van der Waals surface area contributed by atoms with Gasteiger partial charge in [0.2, 0.25) is 11.8 Å². The average molecular weight is 388 g/mol. The van der Waals surface area contributed by atoms with Crippen molar-refractivity contribution in [3.8, 4) is 0 Å². The standard InChI is InChI=1S/C18H18BrN3O2/c1-10-6-14-15(7-11(10)2)22-18(24)16(21-14)9-17(23)20-13-5-3-4-12(19)8-13/h3-8,16,21H,9H2,1-2H3,(H,20,23)(H,22,24)/t16-/m0/s1. The van der Waals surface area contributed by atoms with E-state index in [2.05, 4.69) is 31.9 Å². The van der Waals surface area contributed by atoms with Gasteiger partial charge >= 0.3 is 0 Å². The van der Waals surface area contributed by atoms with Gasteiger partial charge in [-0.1, -0.05) is 22.0 Å². The number of fused-ring (bicyclic) bond motifs is 1. The van der Waals surface area contributed by atoms with Gasteiger partial charge in [-0.15, -0.1) is 0 Å². The fourth-order valence-electron chi connectivity index (χ4n) is 2.62. The van der Waals surface area contributed by atoms with E-state index in [9.17, 15) is 9.59 Å². The van der Waals surface area contributed by atoms with E-state index in [0.717, 1.165) is 27.0 Å². The predicted octanol–water partition coefficient (Wildman–Crippen LogP) is 3.83. The highest BCUT2D eigenvalue weighted by atomic mass is 79.9. The molecule has 1 aliphatic rings. The smallest absolute Gasteiger partial charge is 0.247 e. The Bertz CT molecular complexity index is 820. The summed E-state index contributed by atoms with van der Waals surface area (Å²) in [6, 6.07) is 10.7. The first kappa shape index (κ1) is 16.5. The molecule has 0 bridgehead atoms. The van der Waals surface area contributed by atoms with Crippen LogP contribution < -0.4 is 16.0 Å². The van der Waals surface area contributed by atoms with E-state index in [-0.39, 0.29) is 18.2 Å². The Morgan fingerprint density at radius 1 is 1.17 bits per heavy atom. The van der Waals surface area contributed by atoms with Crippen LogP contribution in [0.25, 0.3) is 0 Å². The van der Waals surface area contributed by atoms with Crippen LogP contribution in [0.4, 0.5) is 17.1 Å². The summed E-state index contributed by atoms with van der Waals surface area (Å²) in [5.41, 5.74) is 4.54. The summed E-state index contributed by atoms with van der Waals surface area (Å²) in [6.07, 6.45) is 0.0602. The minimum absolute atomic E-state index is 0.0602. The zero-order chi connectivity index (χ0) is 17.3. The number of carbonyl (C=O) groups excluding carboxylic acids is 2. The fraction of sp³-hybridized carbons (Fsp3) is 0.222. The Kier molecular flexibility index (Phi) is 4.57. The molecule has 2 amide bonds. The molecule has 0 spiro atoms. The maximum absolute atomic E-state index is 12.2. The van der Waals surface area contributed by atoms with Gasteiger partial charge in [0.05, 0.1) is 17.8 Å². The molecule has 6 heteroatoms. The second kappa shape index (κ2) is 6.65. The normalized spacial score (nSPS) is 16.0. The lowest BCUT2D eigenvalue weighted by molar-refractivity contribution is -0.122. The van der Waals surface area contributed by atoms with Crippen LogP contribution >= 0.6 is 15.9 Å². The van der Waals surface area contributed by atoms with Crippen molar-refractivity contribution in [1.82, 2.24) is 0 Å². The number of hydrogen-bond donors (Lipinski definition) is 3. The summed E-state index contributed by atoms with van der Waals surface area (Å²) in [4.78, 5) is 24.5. The van der Waals surface area contributed by atoms with Crippen LogP contribution in [0.1, 0.15) is 17.5 Å². The Hall–Kier alpha value is -2.34. The van der Waals surface area contributed by atoms with Gasteiger partial charge in [0.15, 0.2) is 0 Å². The van der Waals surface area contributed by atoms with Gasteiger partial charge in [0.25, 0.3) is 0 Å². The van der Waals surface area contributed by atoms with Gasteiger partial charge in [-0.25, -0.2) is 0 Å². The lowest BCUT2D eigenvalue weighted by Crippen LogP contribution is -2.41. The summed E-state index contributed by atoms with van der Waals surface area (Å²) in [5, 5.41) is 8.83. The first-order chi connectivity index (χ1) is 11.4. The van der Waals surface area contributed by atoms with Gasteiger partial charge < -0.3 is 16.0 Å². The third kappa shape index (κ3) is 3.59. The molecule has 1 heterocycles. The maximum atomic E-state index is 12.2. The van der Waals surface area contributed by atoms with Gasteiger partial charge in [-0.05, 0) is 55.3 Å². The topological polar surface area (TPSA) is 70.2 Å². The minimum atomic E-state index is -0.591. The highest BCUT2D eigenvalue weighted by Gasteiger charge is 2.27. The van der Waals surface area contributed by atoms with Crippen LogP contribution in [-0.4, -0.2) is 17.9 Å². The number of nitrogens with one attached hydrogen (secondary N) is 3. The molecule has 0 saturated heterocycles. The van der Waals surface area contributed by atoms with Crippen LogP contribution in [0.3, 0.4) is 0 Å². The van der Waals surface area contributed by atoms with Crippen molar-refractivity contribution in [2.24, 2.45) is 0 Å². The van der Waals surface area contributed by atoms with Crippen LogP contribution in [0.2, 0.25) is 0 Å². The third-order valence-corrected chi connectivity index (χ3v) is 4.53. The Morgan fingerprint density at radius 3 is 2.58 bits per heavy atom. The molecule has 3 rings (SSSR count). The van der Waals surface area contributed by atoms with E-state index in [1.54, 1.807) is 6.07 Å². The molecule has 124 valence electrons. The van der Waals surface area contributed by atoms with Crippen molar-refractivity contribution in [3.05, 3.63) is 52.0 Å². The highest BCUT2D eigenvalue weighted by Crippen LogP contribution is 2.30. The molecular weight excluding hydrogens is 370 g/mol. The summed E-state index contributed by atoms with van der Waals surface area (Å²) in [5.74, 6) is -0.414. The number of carbonyl (C=O) groups is 2. The first-order valence-electron chi connectivity index (χ1n) is 7.66. The third-order valence-electron chi connectivity index (χ3n) is 4.04. The second-order valence-corrected chi connectivity index (χ2v) is 6.85. The largest absolute Gasteiger partial charge is 0.372 e. The van der Waals surface area contributed by atoms with Gasteiger partial charge in [0, 0.05) is 10.2 Å². The zero-order valence-corrected chi connectivity index (χ0v) is 15.0. The molecule has 0 unspecified atom stereocenters. The molecule has 1 aliphatic heterocycles. The SMILES string of the molecule is Cc1cc2c(cc1C)N[C@@H](CC(=O)Nc1cccc(Br)c1)C(=O)N2. The maximum Gasteiger partial charge on any atom is 0.247 e. The van der Waals surface area contributed by atoms with Crippen molar-refractivity contribution in [1.29, 1.82) is 0 Å². The molecule has 1 atom stereocenters. The molecule has 5 nitrogen and oxygen atoms in total. The van der Waals surface area contributed by atoms with E-state index in [0.29, 0.717) is 5.69 Å². The molecule has 3 N–H and O–H groups in total. The Balaban J connectivity index is 1.70. The van der Waals surface area contributed by atoms with Gasteiger partial charge in [0.1, 0.15) is 6.04 Å².